The summed E-state index contributed by atoms with van der Waals surface area (Å²) in [4.78, 5) is 64.0. The number of carbonyl (C=O) groups excluding carboxylic acids is 4. The van der Waals surface area contributed by atoms with Crippen LogP contribution in [-0.2, 0) is 38.1 Å². The van der Waals surface area contributed by atoms with Crippen LogP contribution in [0.5, 0.6) is 17.2 Å². The summed E-state index contributed by atoms with van der Waals surface area (Å²) in [7, 11) is 2.55. The number of rotatable bonds is 8. The Morgan fingerprint density at radius 3 is 2.28 bits per heavy atom. The van der Waals surface area contributed by atoms with Crippen molar-refractivity contribution in [1.29, 1.82) is 0 Å². The Balaban J connectivity index is 1.45. The number of amides is 2. The van der Waals surface area contributed by atoms with Gasteiger partial charge in [-0.05, 0) is 25.8 Å². The number of carbonyl (C=O) groups is 4. The van der Waals surface area contributed by atoms with Crippen LogP contribution in [0.1, 0.15) is 91.4 Å². The molecular formula is C49H67N5O14. The second-order valence-corrected chi connectivity index (χ2v) is 19.1. The molecule has 372 valence electrons. The molecule has 4 heterocycles. The lowest BCUT2D eigenvalue weighted by atomic mass is 9.81. The third-order valence-corrected chi connectivity index (χ3v) is 13.6. The minimum Gasteiger partial charge on any atom is -0.507 e. The van der Waals surface area contributed by atoms with Gasteiger partial charge in [0.1, 0.15) is 41.6 Å². The van der Waals surface area contributed by atoms with Crippen molar-refractivity contribution in [3.63, 3.8) is 0 Å². The molecule has 19 nitrogen and oxygen atoms in total. The molecule has 2 aromatic carbocycles. The zero-order chi connectivity index (χ0) is 50.0. The molecule has 6 rings (SSSR count). The highest BCUT2D eigenvalue weighted by Gasteiger charge is 2.50. The highest BCUT2D eigenvalue weighted by molar-refractivity contribution is 6.08. The molecule has 4 aliphatic rings. The van der Waals surface area contributed by atoms with Gasteiger partial charge in [0.25, 0.3) is 11.7 Å². The van der Waals surface area contributed by atoms with Crippen LogP contribution in [0.25, 0.3) is 10.8 Å². The number of hydrogen-bond acceptors (Lipinski definition) is 17. The second-order valence-electron chi connectivity index (χ2n) is 19.1. The molecule has 0 aromatic heterocycles. The Labute approximate surface area is 395 Å². The van der Waals surface area contributed by atoms with Gasteiger partial charge in [-0.15, -0.1) is 0 Å². The van der Waals surface area contributed by atoms with Gasteiger partial charge < -0.3 is 64.8 Å². The highest BCUT2D eigenvalue weighted by atomic mass is 16.7. The number of likely N-dealkylation sites (tertiary alicyclic amines) is 1. The summed E-state index contributed by atoms with van der Waals surface area (Å²) >= 11 is 0. The molecule has 1 fully saturated rings. The number of piperidine rings is 1. The van der Waals surface area contributed by atoms with Gasteiger partial charge in [0.2, 0.25) is 5.91 Å². The average molecular weight is 950 g/mol. The third-order valence-electron chi connectivity index (χ3n) is 13.6. The highest BCUT2D eigenvalue weighted by Crippen LogP contribution is 2.54. The Hall–Kier alpha value is -5.60. The normalized spacial score (nSPS) is 30.3. The summed E-state index contributed by atoms with van der Waals surface area (Å²) < 4.78 is 28.6. The Morgan fingerprint density at radius 1 is 0.956 bits per heavy atom. The van der Waals surface area contributed by atoms with Crippen molar-refractivity contribution in [3.05, 3.63) is 58.0 Å². The average Bonchev–Trinajstić information content (AvgIpc) is 3.80. The molecule has 2 amide bonds. The predicted octanol–water partition coefficient (Wildman–Crippen LogP) is 3.01. The van der Waals surface area contributed by atoms with Crippen LogP contribution in [0.3, 0.4) is 0 Å². The van der Waals surface area contributed by atoms with Crippen LogP contribution >= 0.6 is 0 Å². The summed E-state index contributed by atoms with van der Waals surface area (Å²) in [6.07, 6.45) is 1.82. The number of aliphatic hydroxyl groups is 3. The molecular weight excluding hydrogens is 883 g/mol. The standard InChI is InChI=1S/C49H67N5O14/c1-24(2)23-54-17-15-49(16-18-54)52-38-35-36-43(60)29(7)45-37(35)46(62)48(8,68-45)66-19-14-30(64-9)20-31(67-33(56)21-32(55)50-22-34(57)65-10)27(5)42(59)28(6)41(58)25(3)12-11-13-26(4)47(63)51-40(44(36)61)39(38)53-49/h11-14,19,24-25,27-28,30-31,41-42,46,58-62H,15-18,20-23H2,1-10H3,(H,50,55)(H,51,63)/b12-11+,19-14+,26-13-/t25-,27-,28+,30-,31+,41-,42-,46?,48-/m0/s1. The van der Waals surface area contributed by atoms with E-state index in [2.05, 4.69) is 34.1 Å². The van der Waals surface area contributed by atoms with E-state index < -0.39 is 102 Å². The summed E-state index contributed by atoms with van der Waals surface area (Å²) in [6, 6.07) is 0. The first-order valence-corrected chi connectivity index (χ1v) is 23.1. The number of esters is 2. The van der Waals surface area contributed by atoms with Crippen LogP contribution in [0.2, 0.25) is 0 Å². The zero-order valence-corrected chi connectivity index (χ0v) is 40.5. The van der Waals surface area contributed by atoms with Crippen LogP contribution in [-0.4, -0.2) is 130 Å². The first-order valence-electron chi connectivity index (χ1n) is 23.1. The first-order chi connectivity index (χ1) is 32.0. The molecule has 68 heavy (non-hydrogen) atoms. The van der Waals surface area contributed by atoms with E-state index in [-0.39, 0.29) is 61.8 Å². The molecule has 0 aliphatic carbocycles. The van der Waals surface area contributed by atoms with E-state index in [9.17, 15) is 44.7 Å². The molecule has 0 saturated carbocycles. The molecule has 1 spiro atoms. The van der Waals surface area contributed by atoms with E-state index in [1.807, 2.05) is 0 Å². The monoisotopic (exact) mass is 949 g/mol. The van der Waals surface area contributed by atoms with E-state index >= 15 is 0 Å². The lowest BCUT2D eigenvalue weighted by molar-refractivity contribution is -0.181. The van der Waals surface area contributed by atoms with E-state index in [1.54, 1.807) is 46.8 Å². The Morgan fingerprint density at radius 2 is 1.63 bits per heavy atom. The van der Waals surface area contributed by atoms with Crippen LogP contribution in [0.15, 0.2) is 46.1 Å². The van der Waals surface area contributed by atoms with E-state index in [1.165, 1.54) is 32.4 Å². The molecule has 19 heteroatoms. The van der Waals surface area contributed by atoms with Gasteiger partial charge in [-0.2, -0.15) is 0 Å². The summed E-state index contributed by atoms with van der Waals surface area (Å²) in [6.45, 7) is 15.7. The number of anilines is 1. The minimum atomic E-state index is -1.84. The molecule has 4 aliphatic heterocycles. The van der Waals surface area contributed by atoms with Crippen LogP contribution in [0, 0.1) is 30.6 Å². The van der Waals surface area contributed by atoms with Gasteiger partial charge in [-0.3, -0.25) is 29.2 Å². The van der Waals surface area contributed by atoms with Gasteiger partial charge in [-0.1, -0.05) is 52.8 Å². The van der Waals surface area contributed by atoms with Crippen molar-refractivity contribution in [1.82, 2.24) is 10.2 Å². The lowest BCUT2D eigenvalue weighted by Gasteiger charge is -2.36. The van der Waals surface area contributed by atoms with E-state index in [0.29, 0.717) is 31.8 Å². The summed E-state index contributed by atoms with van der Waals surface area (Å²) in [5.41, 5.74) is -0.458. The number of allylic oxidation sites excluding steroid dienone is 2. The fourth-order valence-corrected chi connectivity index (χ4v) is 9.34. The number of fused-ring (bicyclic) bond motifs is 1. The lowest BCUT2D eigenvalue weighted by Crippen LogP contribution is -2.43. The second kappa shape index (κ2) is 21.0. The number of aliphatic hydroxyl groups excluding tert-OH is 3. The van der Waals surface area contributed by atoms with Gasteiger partial charge >= 0.3 is 11.9 Å². The van der Waals surface area contributed by atoms with Crippen molar-refractivity contribution >= 4 is 40.2 Å². The van der Waals surface area contributed by atoms with Crippen molar-refractivity contribution < 1.29 is 68.4 Å². The van der Waals surface area contributed by atoms with Crippen molar-refractivity contribution in [2.24, 2.45) is 33.7 Å². The maximum Gasteiger partial charge on any atom is 0.325 e. The summed E-state index contributed by atoms with van der Waals surface area (Å²) in [5, 5.41) is 65.2. The van der Waals surface area contributed by atoms with Crippen LogP contribution in [0.4, 0.5) is 5.69 Å². The quantitative estimate of drug-likeness (QED) is 0.114. The largest absolute Gasteiger partial charge is 0.507 e. The number of ether oxygens (including phenoxy) is 5. The van der Waals surface area contributed by atoms with E-state index in [4.69, 9.17) is 28.9 Å². The maximum absolute atomic E-state index is 14.0. The number of hydrogen-bond donors (Lipinski definition) is 7. The molecule has 4 bridgehead atoms. The number of nitrogens with zero attached hydrogens (tertiary/aromatic N) is 3. The molecule has 1 saturated heterocycles. The number of phenols is 2. The maximum atomic E-state index is 14.0. The third kappa shape index (κ3) is 10.7. The van der Waals surface area contributed by atoms with Crippen molar-refractivity contribution in [3.8, 4) is 17.2 Å². The SMILES string of the molecule is COC(=O)CNC(=O)CC(=O)O[C@@H]1C[C@@H](OC)/C=C/O[C@@]2(C)Oc3c(C)c(O)c4c(O)c(c5c(c4c3C2O)=NC2(CCN(CC(C)C)CC2)N=5)NC(=O)/C(C)=C\C=C\[C@H](C)[C@H](O)[C@@H](C)[C@@H](O)[C@H]1C. The van der Waals surface area contributed by atoms with Gasteiger partial charge in [0.05, 0.1) is 42.4 Å². The number of nitrogens with one attached hydrogen (secondary N) is 2. The number of aromatic hydroxyl groups is 2. The molecule has 9 atom stereocenters. The van der Waals surface area contributed by atoms with Crippen molar-refractivity contribution in [2.45, 2.75) is 123 Å². The predicted molar refractivity (Wildman–Crippen MR) is 248 cm³/mol. The number of benzene rings is 2. The Kier molecular flexibility index (Phi) is 16.0. The van der Waals surface area contributed by atoms with Crippen LogP contribution < -0.4 is 26.1 Å². The summed E-state index contributed by atoms with van der Waals surface area (Å²) in [5.74, 6) is -7.43. The molecule has 2 aromatic rings. The minimum absolute atomic E-state index is 0.0592. The zero-order valence-electron chi connectivity index (χ0n) is 40.5. The first kappa shape index (κ1) is 51.8. The van der Waals surface area contributed by atoms with Gasteiger partial charge in [0.15, 0.2) is 17.5 Å². The van der Waals surface area contributed by atoms with Gasteiger partial charge in [0, 0.05) is 92.8 Å². The Bertz CT molecular complexity index is 2500. The topological polar surface area (TPSA) is 268 Å². The molecule has 7 N–H and O–H groups in total. The van der Waals surface area contributed by atoms with Gasteiger partial charge in [-0.25, -0.2) is 0 Å². The number of methoxy groups -OCH3 is 2. The van der Waals surface area contributed by atoms with Crippen molar-refractivity contribution in [2.75, 3.05) is 45.7 Å². The fraction of sp³-hybridized carbons (Fsp3) is 0.592. The molecule has 1 unspecified atom stereocenters. The molecule has 0 radical (unpaired) electrons. The fourth-order valence-electron chi connectivity index (χ4n) is 9.34. The van der Waals surface area contributed by atoms with E-state index in [0.717, 1.165) is 13.7 Å². The smallest absolute Gasteiger partial charge is 0.325 e. The number of phenolic OH excluding ortho intramolecular Hbond substituents is 2.